The van der Waals surface area contributed by atoms with Gasteiger partial charge >= 0.3 is 5.97 Å². The summed E-state index contributed by atoms with van der Waals surface area (Å²) in [6.07, 6.45) is 18.5. The Morgan fingerprint density at radius 1 is 0.870 bits per heavy atom. The van der Waals surface area contributed by atoms with Gasteiger partial charge in [-0.05, 0) is 32.1 Å². The molecule has 0 rings (SSSR count). The summed E-state index contributed by atoms with van der Waals surface area (Å²) in [6.45, 7) is 2.21. The van der Waals surface area contributed by atoms with Crippen molar-refractivity contribution in [3.8, 4) is 0 Å². The second kappa shape index (κ2) is 17.0. The molecular formula is C19H35NO3. The highest BCUT2D eigenvalue weighted by molar-refractivity contribution is 5.81. The van der Waals surface area contributed by atoms with E-state index >= 15 is 0 Å². The van der Waals surface area contributed by atoms with Crippen LogP contribution in [-0.4, -0.2) is 25.5 Å². The maximum absolute atomic E-state index is 11.4. The first-order chi connectivity index (χ1) is 11.2. The second-order valence-corrected chi connectivity index (χ2v) is 5.98. The van der Waals surface area contributed by atoms with Crippen molar-refractivity contribution in [2.45, 2.75) is 84.0 Å². The number of unbranched alkanes of at least 4 members (excludes halogenated alkanes) is 9. The predicted molar refractivity (Wildman–Crippen MR) is 95.2 cm³/mol. The third kappa shape index (κ3) is 16.9. The minimum atomic E-state index is -0.406. The maximum Gasteiger partial charge on any atom is 0.325 e. The molecule has 23 heavy (non-hydrogen) atoms. The average Bonchev–Trinajstić information content (AvgIpc) is 2.56. The number of hydrogen-bond donors (Lipinski definition) is 1. The summed E-state index contributed by atoms with van der Waals surface area (Å²) in [5.41, 5.74) is 0. The standard InChI is InChI=1S/C19H35NO3/c1-3-4-5-6-7-8-9-10-11-12-13-14-15-16-18(21)20-17-19(22)23-2/h8-9H,3-7,10-17H2,1-2H3,(H,20,21). The Hall–Kier alpha value is -1.32. The minimum Gasteiger partial charge on any atom is -0.468 e. The van der Waals surface area contributed by atoms with Crippen molar-refractivity contribution >= 4 is 11.9 Å². The van der Waals surface area contributed by atoms with Gasteiger partial charge in [0.15, 0.2) is 0 Å². The van der Waals surface area contributed by atoms with E-state index in [9.17, 15) is 9.59 Å². The molecule has 0 aromatic heterocycles. The lowest BCUT2D eigenvalue weighted by molar-refractivity contribution is -0.141. The van der Waals surface area contributed by atoms with Crippen LogP contribution in [0.5, 0.6) is 0 Å². The SMILES string of the molecule is CCCCCCC=CCCCCCCCC(=O)NCC(=O)OC. The zero-order valence-corrected chi connectivity index (χ0v) is 15.1. The molecule has 0 aliphatic carbocycles. The van der Waals surface area contributed by atoms with Crippen LogP contribution in [-0.2, 0) is 14.3 Å². The van der Waals surface area contributed by atoms with Crippen molar-refractivity contribution in [3.05, 3.63) is 12.2 Å². The van der Waals surface area contributed by atoms with E-state index in [1.54, 1.807) is 0 Å². The summed E-state index contributed by atoms with van der Waals surface area (Å²) >= 11 is 0. The summed E-state index contributed by atoms with van der Waals surface area (Å²) in [4.78, 5) is 22.3. The van der Waals surface area contributed by atoms with Crippen LogP contribution in [0, 0.1) is 0 Å². The molecule has 0 heterocycles. The molecule has 4 nitrogen and oxygen atoms in total. The molecule has 0 aromatic rings. The van der Waals surface area contributed by atoms with E-state index in [0.29, 0.717) is 6.42 Å². The van der Waals surface area contributed by atoms with Gasteiger partial charge in [-0.3, -0.25) is 9.59 Å². The Morgan fingerprint density at radius 2 is 1.43 bits per heavy atom. The van der Waals surface area contributed by atoms with Crippen molar-refractivity contribution in [1.29, 1.82) is 0 Å². The van der Waals surface area contributed by atoms with E-state index in [1.165, 1.54) is 64.9 Å². The van der Waals surface area contributed by atoms with Crippen LogP contribution >= 0.6 is 0 Å². The molecule has 0 aliphatic rings. The van der Waals surface area contributed by atoms with E-state index in [0.717, 1.165) is 12.8 Å². The fraction of sp³-hybridized carbons (Fsp3) is 0.789. The first-order valence-corrected chi connectivity index (χ1v) is 9.19. The summed E-state index contributed by atoms with van der Waals surface area (Å²) in [6, 6.07) is 0. The van der Waals surface area contributed by atoms with Crippen molar-refractivity contribution in [2.24, 2.45) is 0 Å². The van der Waals surface area contributed by atoms with E-state index in [-0.39, 0.29) is 12.5 Å². The van der Waals surface area contributed by atoms with Gasteiger partial charge in [-0.25, -0.2) is 0 Å². The number of carbonyl (C=O) groups is 2. The lowest BCUT2D eigenvalue weighted by Crippen LogP contribution is -2.29. The molecule has 0 fully saturated rings. The van der Waals surface area contributed by atoms with Gasteiger partial charge in [0, 0.05) is 6.42 Å². The molecule has 0 bridgehead atoms. The molecule has 0 atom stereocenters. The predicted octanol–water partition coefficient (Wildman–Crippen LogP) is 4.53. The van der Waals surface area contributed by atoms with Crippen molar-refractivity contribution < 1.29 is 14.3 Å². The zero-order valence-electron chi connectivity index (χ0n) is 15.1. The molecule has 1 N–H and O–H groups in total. The summed E-state index contributed by atoms with van der Waals surface area (Å²) in [7, 11) is 1.32. The number of rotatable bonds is 15. The molecule has 0 spiro atoms. The largest absolute Gasteiger partial charge is 0.468 e. The number of methoxy groups -OCH3 is 1. The van der Waals surface area contributed by atoms with Gasteiger partial charge in [0.2, 0.25) is 5.91 Å². The Kier molecular flexibility index (Phi) is 16.1. The lowest BCUT2D eigenvalue weighted by Gasteiger charge is -2.03. The van der Waals surface area contributed by atoms with Crippen LogP contribution in [0.2, 0.25) is 0 Å². The van der Waals surface area contributed by atoms with E-state index in [1.807, 2.05) is 0 Å². The van der Waals surface area contributed by atoms with E-state index < -0.39 is 5.97 Å². The van der Waals surface area contributed by atoms with Crippen LogP contribution < -0.4 is 5.32 Å². The Balaban J connectivity index is 3.25. The third-order valence-corrected chi connectivity index (χ3v) is 3.82. The lowest BCUT2D eigenvalue weighted by atomic mass is 10.1. The molecule has 1 amide bonds. The fourth-order valence-corrected chi connectivity index (χ4v) is 2.33. The number of carbonyl (C=O) groups excluding carboxylic acids is 2. The van der Waals surface area contributed by atoms with E-state index in [2.05, 4.69) is 29.1 Å². The monoisotopic (exact) mass is 325 g/mol. The highest BCUT2D eigenvalue weighted by atomic mass is 16.5. The second-order valence-electron chi connectivity index (χ2n) is 5.98. The molecular weight excluding hydrogens is 290 g/mol. The molecule has 4 heteroatoms. The van der Waals surface area contributed by atoms with Crippen LogP contribution in [0.25, 0.3) is 0 Å². The smallest absolute Gasteiger partial charge is 0.325 e. The van der Waals surface area contributed by atoms with Gasteiger partial charge in [-0.15, -0.1) is 0 Å². The van der Waals surface area contributed by atoms with Crippen molar-refractivity contribution in [1.82, 2.24) is 5.32 Å². The van der Waals surface area contributed by atoms with Crippen LogP contribution in [0.4, 0.5) is 0 Å². The highest BCUT2D eigenvalue weighted by Crippen LogP contribution is 2.08. The Bertz CT molecular complexity index is 327. The Labute approximate surface area is 142 Å². The minimum absolute atomic E-state index is 0.0277. The normalized spacial score (nSPS) is 10.9. The number of amides is 1. The summed E-state index contributed by atoms with van der Waals surface area (Å²) < 4.78 is 4.46. The third-order valence-electron chi connectivity index (χ3n) is 3.82. The van der Waals surface area contributed by atoms with Gasteiger partial charge in [0.25, 0.3) is 0 Å². The first kappa shape index (κ1) is 21.7. The van der Waals surface area contributed by atoms with E-state index in [4.69, 9.17) is 0 Å². The van der Waals surface area contributed by atoms with Gasteiger partial charge in [0.05, 0.1) is 7.11 Å². The molecule has 0 unspecified atom stereocenters. The van der Waals surface area contributed by atoms with Crippen LogP contribution in [0.1, 0.15) is 84.0 Å². The first-order valence-electron chi connectivity index (χ1n) is 9.19. The summed E-state index contributed by atoms with van der Waals surface area (Å²) in [5, 5.41) is 2.55. The number of esters is 1. The van der Waals surface area contributed by atoms with Crippen LogP contribution in [0.15, 0.2) is 12.2 Å². The topological polar surface area (TPSA) is 55.4 Å². The zero-order chi connectivity index (χ0) is 17.2. The molecule has 0 aliphatic heterocycles. The molecule has 0 radical (unpaired) electrons. The van der Waals surface area contributed by atoms with Crippen molar-refractivity contribution in [2.75, 3.05) is 13.7 Å². The molecule has 0 aromatic carbocycles. The Morgan fingerprint density at radius 3 is 2.04 bits per heavy atom. The number of hydrogen-bond acceptors (Lipinski definition) is 3. The van der Waals surface area contributed by atoms with Gasteiger partial charge in [-0.1, -0.05) is 57.6 Å². The number of allylic oxidation sites excluding steroid dienone is 2. The average molecular weight is 325 g/mol. The van der Waals surface area contributed by atoms with Crippen molar-refractivity contribution in [3.63, 3.8) is 0 Å². The quantitative estimate of drug-likeness (QED) is 0.273. The van der Waals surface area contributed by atoms with Gasteiger partial charge in [0.1, 0.15) is 6.54 Å². The fourth-order valence-electron chi connectivity index (χ4n) is 2.33. The highest BCUT2D eigenvalue weighted by Gasteiger charge is 2.04. The van der Waals surface area contributed by atoms with Gasteiger partial charge in [-0.2, -0.15) is 0 Å². The molecule has 0 saturated heterocycles. The number of ether oxygens (including phenoxy) is 1. The van der Waals surface area contributed by atoms with Gasteiger partial charge < -0.3 is 10.1 Å². The van der Waals surface area contributed by atoms with Crippen LogP contribution in [0.3, 0.4) is 0 Å². The molecule has 134 valence electrons. The maximum atomic E-state index is 11.4. The summed E-state index contributed by atoms with van der Waals surface area (Å²) in [5.74, 6) is -0.474. The number of nitrogens with one attached hydrogen (secondary N) is 1. The molecule has 0 saturated carbocycles.